The average Bonchev–Trinajstić information content (AvgIpc) is 2.61. The van der Waals surface area contributed by atoms with Crippen molar-refractivity contribution in [1.82, 2.24) is 5.32 Å². The third kappa shape index (κ3) is 3.15. The van der Waals surface area contributed by atoms with Crippen molar-refractivity contribution in [3.8, 4) is 11.5 Å². The Labute approximate surface area is 107 Å². The summed E-state index contributed by atoms with van der Waals surface area (Å²) in [7, 11) is 0. The minimum Gasteiger partial charge on any atom is -0.508 e. The van der Waals surface area contributed by atoms with Crippen molar-refractivity contribution in [2.24, 2.45) is 0 Å². The largest absolute Gasteiger partial charge is 0.508 e. The molecule has 0 atom stereocenters. The van der Waals surface area contributed by atoms with Crippen molar-refractivity contribution in [2.45, 2.75) is 44.6 Å². The van der Waals surface area contributed by atoms with Gasteiger partial charge in [-0.2, -0.15) is 0 Å². The second kappa shape index (κ2) is 5.76. The molecule has 0 saturated heterocycles. The molecule has 1 aromatic carbocycles. The van der Waals surface area contributed by atoms with Crippen LogP contribution in [0.4, 0.5) is 0 Å². The van der Waals surface area contributed by atoms with E-state index >= 15 is 0 Å². The van der Waals surface area contributed by atoms with E-state index < -0.39 is 0 Å². The molecule has 0 aromatic heterocycles. The maximum absolute atomic E-state index is 12.0. The fraction of sp³-hybridized carbons (Fsp3) is 0.500. The molecule has 1 fully saturated rings. The number of hydrogen-bond acceptors (Lipinski definition) is 3. The molecule has 3 N–H and O–H groups in total. The summed E-state index contributed by atoms with van der Waals surface area (Å²) in [6.45, 7) is 0. The quantitative estimate of drug-likeness (QED) is 0.557. The summed E-state index contributed by atoms with van der Waals surface area (Å²) in [5.41, 5.74) is 0.138. The lowest BCUT2D eigenvalue weighted by Crippen LogP contribution is -2.34. The Morgan fingerprint density at radius 3 is 2.44 bits per heavy atom. The van der Waals surface area contributed by atoms with Crippen LogP contribution < -0.4 is 5.32 Å². The molecule has 0 radical (unpaired) electrons. The SMILES string of the molecule is O=C(NC1CCCCCC1)c1cc(O)ccc1O. The lowest BCUT2D eigenvalue weighted by atomic mass is 10.1. The van der Waals surface area contributed by atoms with E-state index in [-0.39, 0.29) is 29.0 Å². The third-order valence-corrected chi connectivity index (χ3v) is 3.42. The summed E-state index contributed by atoms with van der Waals surface area (Å²) < 4.78 is 0. The predicted molar refractivity (Wildman–Crippen MR) is 68.7 cm³/mol. The summed E-state index contributed by atoms with van der Waals surface area (Å²) in [5, 5.41) is 21.9. The monoisotopic (exact) mass is 249 g/mol. The fourth-order valence-electron chi connectivity index (χ4n) is 2.39. The van der Waals surface area contributed by atoms with Crippen molar-refractivity contribution in [3.05, 3.63) is 23.8 Å². The van der Waals surface area contributed by atoms with Gasteiger partial charge in [0.05, 0.1) is 5.56 Å². The molecular weight excluding hydrogens is 230 g/mol. The van der Waals surface area contributed by atoms with E-state index in [1.165, 1.54) is 31.0 Å². The molecule has 18 heavy (non-hydrogen) atoms. The van der Waals surface area contributed by atoms with E-state index in [1.807, 2.05) is 0 Å². The molecule has 1 saturated carbocycles. The minimum absolute atomic E-state index is 0.0150. The Balaban J connectivity index is 2.04. The van der Waals surface area contributed by atoms with Crippen LogP contribution >= 0.6 is 0 Å². The highest BCUT2D eigenvalue weighted by atomic mass is 16.3. The van der Waals surface area contributed by atoms with E-state index in [4.69, 9.17) is 0 Å². The second-order valence-corrected chi connectivity index (χ2v) is 4.86. The Morgan fingerprint density at radius 2 is 1.78 bits per heavy atom. The number of rotatable bonds is 2. The van der Waals surface area contributed by atoms with Crippen LogP contribution in [0.5, 0.6) is 11.5 Å². The van der Waals surface area contributed by atoms with Gasteiger partial charge in [0, 0.05) is 6.04 Å². The Bertz CT molecular complexity index is 423. The second-order valence-electron chi connectivity index (χ2n) is 4.86. The molecule has 4 nitrogen and oxygen atoms in total. The van der Waals surface area contributed by atoms with E-state index in [0.717, 1.165) is 25.7 Å². The van der Waals surface area contributed by atoms with Gasteiger partial charge in [-0.25, -0.2) is 0 Å². The molecule has 98 valence electrons. The number of benzene rings is 1. The highest BCUT2D eigenvalue weighted by Crippen LogP contribution is 2.23. The van der Waals surface area contributed by atoms with E-state index in [9.17, 15) is 15.0 Å². The van der Waals surface area contributed by atoms with Crippen LogP contribution in [0.25, 0.3) is 0 Å². The number of amides is 1. The lowest BCUT2D eigenvalue weighted by molar-refractivity contribution is 0.0930. The van der Waals surface area contributed by atoms with Gasteiger partial charge >= 0.3 is 0 Å². The van der Waals surface area contributed by atoms with Crippen molar-refractivity contribution in [3.63, 3.8) is 0 Å². The first-order valence-corrected chi connectivity index (χ1v) is 6.49. The summed E-state index contributed by atoms with van der Waals surface area (Å²) in [5.74, 6) is -0.423. The highest BCUT2D eigenvalue weighted by Gasteiger charge is 2.18. The maximum atomic E-state index is 12.0. The van der Waals surface area contributed by atoms with Crippen LogP contribution in [-0.4, -0.2) is 22.2 Å². The molecular formula is C14H19NO3. The van der Waals surface area contributed by atoms with Crippen LogP contribution in [-0.2, 0) is 0 Å². The van der Waals surface area contributed by atoms with E-state index in [1.54, 1.807) is 0 Å². The number of carbonyl (C=O) groups excluding carboxylic acids is 1. The molecule has 1 amide bonds. The Kier molecular flexibility index (Phi) is 4.07. The number of aromatic hydroxyl groups is 2. The molecule has 1 aliphatic rings. The molecule has 1 aromatic rings. The predicted octanol–water partition coefficient (Wildman–Crippen LogP) is 2.55. The molecule has 0 spiro atoms. The lowest BCUT2D eigenvalue weighted by Gasteiger charge is -2.16. The zero-order valence-corrected chi connectivity index (χ0v) is 10.4. The summed E-state index contributed by atoms with van der Waals surface area (Å²) >= 11 is 0. The van der Waals surface area contributed by atoms with Gasteiger partial charge in [-0.15, -0.1) is 0 Å². The minimum atomic E-state index is -0.310. The summed E-state index contributed by atoms with van der Waals surface area (Å²) in [6, 6.07) is 4.16. The topological polar surface area (TPSA) is 69.6 Å². The van der Waals surface area contributed by atoms with Gasteiger partial charge in [-0.3, -0.25) is 4.79 Å². The molecule has 0 bridgehead atoms. The molecule has 0 aliphatic heterocycles. The standard InChI is InChI=1S/C14H19NO3/c16-11-7-8-13(17)12(9-11)14(18)15-10-5-3-1-2-4-6-10/h7-10,16-17H,1-6H2,(H,15,18). The zero-order valence-electron chi connectivity index (χ0n) is 10.4. The van der Waals surface area contributed by atoms with Gasteiger partial charge in [-0.05, 0) is 31.0 Å². The van der Waals surface area contributed by atoms with Gasteiger partial charge in [0.25, 0.3) is 5.91 Å². The van der Waals surface area contributed by atoms with Gasteiger partial charge in [0.15, 0.2) is 0 Å². The first kappa shape index (κ1) is 12.7. The molecule has 2 rings (SSSR count). The van der Waals surface area contributed by atoms with Crippen LogP contribution in [0.15, 0.2) is 18.2 Å². The van der Waals surface area contributed by atoms with Gasteiger partial charge < -0.3 is 15.5 Å². The van der Waals surface area contributed by atoms with Crippen molar-refractivity contribution in [1.29, 1.82) is 0 Å². The zero-order chi connectivity index (χ0) is 13.0. The average molecular weight is 249 g/mol. The molecule has 0 unspecified atom stereocenters. The fourth-order valence-corrected chi connectivity index (χ4v) is 2.39. The molecule has 0 heterocycles. The number of hydrogen-bond donors (Lipinski definition) is 3. The number of phenols is 2. The van der Waals surface area contributed by atoms with Crippen LogP contribution in [0.2, 0.25) is 0 Å². The normalized spacial score (nSPS) is 17.1. The van der Waals surface area contributed by atoms with Gasteiger partial charge in [0.1, 0.15) is 11.5 Å². The summed E-state index contributed by atoms with van der Waals surface area (Å²) in [6.07, 6.45) is 6.71. The smallest absolute Gasteiger partial charge is 0.255 e. The highest BCUT2D eigenvalue weighted by molar-refractivity contribution is 5.97. The van der Waals surface area contributed by atoms with Gasteiger partial charge in [-0.1, -0.05) is 25.7 Å². The number of carbonyl (C=O) groups is 1. The van der Waals surface area contributed by atoms with Crippen molar-refractivity contribution < 1.29 is 15.0 Å². The molecule has 4 heteroatoms. The van der Waals surface area contributed by atoms with Crippen LogP contribution in [0.1, 0.15) is 48.9 Å². The Morgan fingerprint density at radius 1 is 1.11 bits per heavy atom. The first-order chi connectivity index (χ1) is 8.66. The van der Waals surface area contributed by atoms with E-state index in [0.29, 0.717) is 0 Å². The molecule has 1 aliphatic carbocycles. The third-order valence-electron chi connectivity index (χ3n) is 3.42. The van der Waals surface area contributed by atoms with Crippen molar-refractivity contribution >= 4 is 5.91 Å². The van der Waals surface area contributed by atoms with E-state index in [2.05, 4.69) is 5.32 Å². The van der Waals surface area contributed by atoms with Gasteiger partial charge in [0.2, 0.25) is 0 Å². The number of phenolic OH excluding ortho intramolecular Hbond substituents is 2. The Hall–Kier alpha value is -1.71. The maximum Gasteiger partial charge on any atom is 0.255 e. The van der Waals surface area contributed by atoms with Crippen LogP contribution in [0, 0.1) is 0 Å². The summed E-state index contributed by atoms with van der Waals surface area (Å²) in [4.78, 5) is 12.0. The number of nitrogens with one attached hydrogen (secondary N) is 1. The first-order valence-electron chi connectivity index (χ1n) is 6.49. The van der Waals surface area contributed by atoms with Crippen LogP contribution in [0.3, 0.4) is 0 Å². The van der Waals surface area contributed by atoms with Crippen molar-refractivity contribution in [2.75, 3.05) is 0 Å².